The standard InChI is InChI=1S/C13H23NO3/c1-2-13(12(15)16)5-6-14(10-13)9-11-3-7-17-8-4-11/h11H,2-10H2,1H3,(H,15,16). The number of likely N-dealkylation sites (tertiary alicyclic amines) is 1. The molecule has 2 rings (SSSR count). The highest BCUT2D eigenvalue weighted by molar-refractivity contribution is 5.75. The molecule has 0 saturated carbocycles. The van der Waals surface area contributed by atoms with Crippen LogP contribution in [0.2, 0.25) is 0 Å². The minimum atomic E-state index is -0.616. The van der Waals surface area contributed by atoms with E-state index in [4.69, 9.17) is 4.74 Å². The second kappa shape index (κ2) is 5.36. The molecular formula is C13H23NO3. The maximum Gasteiger partial charge on any atom is 0.310 e. The van der Waals surface area contributed by atoms with Gasteiger partial charge in [-0.2, -0.15) is 0 Å². The summed E-state index contributed by atoms with van der Waals surface area (Å²) in [6.07, 6.45) is 3.81. The lowest BCUT2D eigenvalue weighted by Gasteiger charge is -2.28. The molecule has 1 atom stereocenters. The molecule has 1 N–H and O–H groups in total. The average Bonchev–Trinajstić information content (AvgIpc) is 2.75. The van der Waals surface area contributed by atoms with Crippen molar-refractivity contribution in [2.75, 3.05) is 32.8 Å². The summed E-state index contributed by atoms with van der Waals surface area (Å²) in [6.45, 7) is 6.46. The van der Waals surface area contributed by atoms with Crippen molar-refractivity contribution in [3.8, 4) is 0 Å². The fraction of sp³-hybridized carbons (Fsp3) is 0.923. The Labute approximate surface area is 103 Å². The van der Waals surface area contributed by atoms with Gasteiger partial charge < -0.3 is 14.7 Å². The molecule has 0 bridgehead atoms. The van der Waals surface area contributed by atoms with Crippen molar-refractivity contribution in [2.24, 2.45) is 11.3 Å². The van der Waals surface area contributed by atoms with E-state index in [1.807, 2.05) is 6.92 Å². The lowest BCUT2D eigenvalue weighted by molar-refractivity contribution is -0.148. The van der Waals surface area contributed by atoms with E-state index in [9.17, 15) is 9.90 Å². The number of carboxylic acid groups (broad SMARTS) is 1. The summed E-state index contributed by atoms with van der Waals surface area (Å²) in [5.41, 5.74) is -0.481. The van der Waals surface area contributed by atoms with Crippen molar-refractivity contribution in [1.82, 2.24) is 4.90 Å². The summed E-state index contributed by atoms with van der Waals surface area (Å²) in [5.74, 6) is 0.0830. The zero-order valence-electron chi connectivity index (χ0n) is 10.7. The normalized spacial score (nSPS) is 31.8. The highest BCUT2D eigenvalue weighted by Gasteiger charge is 2.43. The second-order valence-electron chi connectivity index (χ2n) is 5.48. The molecule has 2 aliphatic heterocycles. The van der Waals surface area contributed by atoms with Crippen LogP contribution in [0, 0.1) is 11.3 Å². The minimum Gasteiger partial charge on any atom is -0.481 e. The molecule has 4 heteroatoms. The van der Waals surface area contributed by atoms with Crippen LogP contribution in [0.15, 0.2) is 0 Å². The Hall–Kier alpha value is -0.610. The molecule has 0 aliphatic carbocycles. The summed E-state index contributed by atoms with van der Waals surface area (Å²) >= 11 is 0. The van der Waals surface area contributed by atoms with E-state index >= 15 is 0 Å². The van der Waals surface area contributed by atoms with Crippen LogP contribution in [-0.4, -0.2) is 48.8 Å². The third kappa shape index (κ3) is 2.80. The third-order valence-corrected chi connectivity index (χ3v) is 4.42. The molecule has 0 radical (unpaired) electrons. The second-order valence-corrected chi connectivity index (χ2v) is 5.48. The van der Waals surface area contributed by atoms with Crippen LogP contribution in [0.4, 0.5) is 0 Å². The highest BCUT2D eigenvalue weighted by atomic mass is 16.5. The number of ether oxygens (including phenoxy) is 1. The van der Waals surface area contributed by atoms with Gasteiger partial charge in [0, 0.05) is 26.3 Å². The molecule has 0 aromatic heterocycles. The van der Waals surface area contributed by atoms with Gasteiger partial charge in [-0.3, -0.25) is 4.79 Å². The molecule has 0 aromatic rings. The molecule has 2 fully saturated rings. The van der Waals surface area contributed by atoms with Gasteiger partial charge in [-0.15, -0.1) is 0 Å². The van der Waals surface area contributed by atoms with Gasteiger partial charge >= 0.3 is 5.97 Å². The molecule has 4 nitrogen and oxygen atoms in total. The zero-order valence-corrected chi connectivity index (χ0v) is 10.7. The van der Waals surface area contributed by atoms with Crippen molar-refractivity contribution in [2.45, 2.75) is 32.6 Å². The molecule has 1 unspecified atom stereocenters. The zero-order chi connectivity index (χ0) is 12.3. The molecule has 0 spiro atoms. The van der Waals surface area contributed by atoms with Crippen LogP contribution < -0.4 is 0 Å². The van der Waals surface area contributed by atoms with E-state index in [-0.39, 0.29) is 0 Å². The predicted octanol–water partition coefficient (Wildman–Crippen LogP) is 1.60. The molecular weight excluding hydrogens is 218 g/mol. The lowest BCUT2D eigenvalue weighted by atomic mass is 9.84. The minimum absolute atomic E-state index is 0.481. The van der Waals surface area contributed by atoms with Crippen LogP contribution in [-0.2, 0) is 9.53 Å². The summed E-state index contributed by atoms with van der Waals surface area (Å²) in [6, 6.07) is 0. The smallest absolute Gasteiger partial charge is 0.310 e. The first-order valence-electron chi connectivity index (χ1n) is 6.70. The van der Waals surface area contributed by atoms with E-state index in [2.05, 4.69) is 4.90 Å². The van der Waals surface area contributed by atoms with Gasteiger partial charge in [0.1, 0.15) is 0 Å². The van der Waals surface area contributed by atoms with Crippen LogP contribution >= 0.6 is 0 Å². The van der Waals surface area contributed by atoms with E-state index in [1.54, 1.807) is 0 Å². The molecule has 0 amide bonds. The average molecular weight is 241 g/mol. The Morgan fingerprint density at radius 2 is 2.18 bits per heavy atom. The fourth-order valence-corrected chi connectivity index (χ4v) is 3.02. The molecule has 2 aliphatic rings. The number of aliphatic carboxylic acids is 1. The van der Waals surface area contributed by atoms with E-state index in [0.29, 0.717) is 5.92 Å². The van der Waals surface area contributed by atoms with E-state index in [1.165, 1.54) is 0 Å². The number of hydrogen-bond acceptors (Lipinski definition) is 3. The van der Waals surface area contributed by atoms with Gasteiger partial charge in [0.15, 0.2) is 0 Å². The maximum atomic E-state index is 11.3. The van der Waals surface area contributed by atoms with E-state index < -0.39 is 11.4 Å². The Morgan fingerprint density at radius 1 is 1.47 bits per heavy atom. The van der Waals surface area contributed by atoms with Gasteiger partial charge in [0.25, 0.3) is 0 Å². The maximum absolute atomic E-state index is 11.3. The number of nitrogens with zero attached hydrogens (tertiary/aromatic N) is 1. The van der Waals surface area contributed by atoms with Crippen molar-refractivity contribution in [1.29, 1.82) is 0 Å². The van der Waals surface area contributed by atoms with Gasteiger partial charge in [0.2, 0.25) is 0 Å². The number of carboxylic acids is 1. The third-order valence-electron chi connectivity index (χ3n) is 4.42. The van der Waals surface area contributed by atoms with Crippen molar-refractivity contribution < 1.29 is 14.6 Å². The summed E-state index contributed by atoms with van der Waals surface area (Å²) in [7, 11) is 0. The van der Waals surface area contributed by atoms with Crippen molar-refractivity contribution in [3.63, 3.8) is 0 Å². The summed E-state index contributed by atoms with van der Waals surface area (Å²) < 4.78 is 5.35. The van der Waals surface area contributed by atoms with Gasteiger partial charge in [-0.05, 0) is 38.1 Å². The largest absolute Gasteiger partial charge is 0.481 e. The molecule has 17 heavy (non-hydrogen) atoms. The Bertz CT molecular complexity index is 276. The lowest BCUT2D eigenvalue weighted by Crippen LogP contribution is -2.36. The first-order chi connectivity index (χ1) is 8.16. The molecule has 2 saturated heterocycles. The van der Waals surface area contributed by atoms with Crippen molar-refractivity contribution >= 4 is 5.97 Å². The SMILES string of the molecule is CCC1(C(=O)O)CCN(CC2CCOCC2)C1. The topological polar surface area (TPSA) is 49.8 Å². The van der Waals surface area contributed by atoms with Crippen LogP contribution in [0.3, 0.4) is 0 Å². The molecule has 98 valence electrons. The quantitative estimate of drug-likeness (QED) is 0.812. The summed E-state index contributed by atoms with van der Waals surface area (Å²) in [4.78, 5) is 13.7. The highest BCUT2D eigenvalue weighted by Crippen LogP contribution is 2.35. The molecule has 0 aromatic carbocycles. The Kier molecular flexibility index (Phi) is 4.05. The molecule has 2 heterocycles. The predicted molar refractivity (Wildman–Crippen MR) is 65.0 cm³/mol. The van der Waals surface area contributed by atoms with Gasteiger partial charge in [0.05, 0.1) is 5.41 Å². The first kappa shape index (κ1) is 12.8. The first-order valence-corrected chi connectivity index (χ1v) is 6.70. The Morgan fingerprint density at radius 3 is 2.71 bits per heavy atom. The summed E-state index contributed by atoms with van der Waals surface area (Å²) in [5, 5.41) is 9.34. The Balaban J connectivity index is 1.86. The van der Waals surface area contributed by atoms with Gasteiger partial charge in [-0.25, -0.2) is 0 Å². The van der Waals surface area contributed by atoms with Crippen LogP contribution in [0.5, 0.6) is 0 Å². The number of carbonyl (C=O) groups is 1. The number of rotatable bonds is 4. The van der Waals surface area contributed by atoms with E-state index in [0.717, 1.165) is 58.5 Å². The van der Waals surface area contributed by atoms with Crippen molar-refractivity contribution in [3.05, 3.63) is 0 Å². The number of hydrogen-bond donors (Lipinski definition) is 1. The fourth-order valence-electron chi connectivity index (χ4n) is 3.02. The van der Waals surface area contributed by atoms with Crippen LogP contribution in [0.1, 0.15) is 32.6 Å². The van der Waals surface area contributed by atoms with Gasteiger partial charge in [-0.1, -0.05) is 6.92 Å². The van der Waals surface area contributed by atoms with Crippen LogP contribution in [0.25, 0.3) is 0 Å². The monoisotopic (exact) mass is 241 g/mol.